The molecule has 8 heteroatoms. The Hall–Kier alpha value is -1.46. The third-order valence-electron chi connectivity index (χ3n) is 5.80. The van der Waals surface area contributed by atoms with Gasteiger partial charge in [-0.15, -0.1) is 11.3 Å². The molecule has 1 aliphatic heterocycles. The fourth-order valence-corrected chi connectivity index (χ4v) is 4.97. The first-order valence-electron chi connectivity index (χ1n) is 10.6. The molecule has 0 aliphatic carbocycles. The SMILES string of the molecule is CCc1ccc(OC(F)F)c(-c2nc(C)c(C[N+]3=C[C@H](C(C)(C)C)C[C@@H]([C-]=O)C3)s2)c1.[Mo]. The maximum absolute atomic E-state index is 12.9. The van der Waals surface area contributed by atoms with E-state index in [1.54, 1.807) is 12.1 Å². The van der Waals surface area contributed by atoms with Gasteiger partial charge >= 0.3 is 6.61 Å². The summed E-state index contributed by atoms with van der Waals surface area (Å²) in [6.45, 7) is 8.87. The summed E-state index contributed by atoms with van der Waals surface area (Å²) in [5.74, 6) is 0.308. The first kappa shape index (κ1) is 26.8. The maximum Gasteiger partial charge on any atom is 0.387 e. The number of carbonyl (C=O) groups excluding carboxylic acids is 1. The number of ether oxygens (including phenoxy) is 1. The minimum atomic E-state index is -2.89. The molecule has 1 aromatic carbocycles. The van der Waals surface area contributed by atoms with E-state index in [1.807, 2.05) is 19.9 Å². The van der Waals surface area contributed by atoms with Gasteiger partial charge in [0.05, 0.1) is 16.1 Å². The zero-order valence-electron chi connectivity index (χ0n) is 19.2. The summed E-state index contributed by atoms with van der Waals surface area (Å²) >= 11 is 1.49. The van der Waals surface area contributed by atoms with Crippen LogP contribution in [0, 0.1) is 24.2 Å². The van der Waals surface area contributed by atoms with Gasteiger partial charge in [0.1, 0.15) is 23.5 Å². The molecule has 2 atom stereocenters. The molecule has 0 spiro atoms. The predicted octanol–water partition coefficient (Wildman–Crippen LogP) is 5.66. The van der Waals surface area contributed by atoms with E-state index in [2.05, 4.69) is 42.8 Å². The van der Waals surface area contributed by atoms with Crippen molar-refractivity contribution < 1.29 is 44.0 Å². The third kappa shape index (κ3) is 6.54. The quantitative estimate of drug-likeness (QED) is 0.257. The number of hydrogen-bond donors (Lipinski definition) is 0. The monoisotopic (exact) mass is 546 g/mol. The average molecular weight is 545 g/mol. The molecule has 0 unspecified atom stereocenters. The van der Waals surface area contributed by atoms with Gasteiger partial charge in [0, 0.05) is 27.0 Å². The van der Waals surface area contributed by atoms with Crippen molar-refractivity contribution in [1.82, 2.24) is 4.98 Å². The third-order valence-corrected chi connectivity index (χ3v) is 6.98. The number of hydrogen-bond acceptors (Lipinski definition) is 4. The van der Waals surface area contributed by atoms with Crippen LogP contribution in [-0.4, -0.2) is 35.2 Å². The fraction of sp³-hybridized carbons (Fsp3) is 0.542. The maximum atomic E-state index is 12.9. The van der Waals surface area contributed by atoms with Crippen molar-refractivity contribution in [2.45, 2.75) is 60.6 Å². The van der Waals surface area contributed by atoms with Crippen molar-refractivity contribution in [3.05, 3.63) is 34.3 Å². The molecule has 0 bridgehead atoms. The summed E-state index contributed by atoms with van der Waals surface area (Å²) in [7, 11) is 0. The molecule has 0 saturated carbocycles. The Labute approximate surface area is 207 Å². The Morgan fingerprint density at radius 1 is 1.34 bits per heavy atom. The van der Waals surface area contributed by atoms with Gasteiger partial charge in [-0.2, -0.15) is 8.78 Å². The van der Waals surface area contributed by atoms with Crippen LogP contribution in [-0.2, 0) is 38.8 Å². The summed E-state index contributed by atoms with van der Waals surface area (Å²) in [6, 6.07) is 5.27. The van der Waals surface area contributed by atoms with Gasteiger partial charge in [-0.05, 0) is 36.5 Å². The second-order valence-electron chi connectivity index (χ2n) is 9.19. The number of benzene rings is 1. The van der Waals surface area contributed by atoms with Crippen molar-refractivity contribution in [3.8, 4) is 16.3 Å². The van der Waals surface area contributed by atoms with E-state index in [0.29, 0.717) is 23.7 Å². The topological polar surface area (TPSA) is 42.2 Å². The molecule has 0 amide bonds. The number of aryl methyl sites for hydroxylation is 2. The van der Waals surface area contributed by atoms with Crippen LogP contribution in [0.1, 0.15) is 50.3 Å². The first-order valence-corrected chi connectivity index (χ1v) is 11.4. The Morgan fingerprint density at radius 2 is 2.06 bits per heavy atom. The number of rotatable bonds is 7. The predicted molar refractivity (Wildman–Crippen MR) is 120 cm³/mol. The molecule has 1 aromatic heterocycles. The first-order chi connectivity index (χ1) is 14.6. The molecule has 2 aromatic rings. The van der Waals surface area contributed by atoms with Gasteiger partial charge in [0.25, 0.3) is 0 Å². The van der Waals surface area contributed by atoms with Crippen LogP contribution in [0.25, 0.3) is 10.6 Å². The number of halogens is 2. The molecular formula is C24H30F2MoN2O2S. The number of thiazole rings is 1. The molecule has 3 rings (SSSR count). The van der Waals surface area contributed by atoms with Crippen LogP contribution in [0.3, 0.4) is 0 Å². The van der Waals surface area contributed by atoms with E-state index in [9.17, 15) is 13.6 Å². The van der Waals surface area contributed by atoms with Crippen LogP contribution >= 0.6 is 11.3 Å². The molecule has 0 radical (unpaired) electrons. The molecule has 0 N–H and O–H groups in total. The summed E-state index contributed by atoms with van der Waals surface area (Å²) in [6.07, 6.45) is 6.03. The summed E-state index contributed by atoms with van der Waals surface area (Å²) in [5.41, 5.74) is 2.55. The van der Waals surface area contributed by atoms with Gasteiger partial charge < -0.3 is 9.53 Å². The molecule has 2 heterocycles. The average Bonchev–Trinajstić information content (AvgIpc) is 3.07. The van der Waals surface area contributed by atoms with Crippen molar-refractivity contribution in [2.24, 2.45) is 17.3 Å². The van der Waals surface area contributed by atoms with Crippen molar-refractivity contribution in [1.29, 1.82) is 0 Å². The van der Waals surface area contributed by atoms with Crippen molar-refractivity contribution >= 4 is 23.8 Å². The van der Waals surface area contributed by atoms with E-state index in [-0.39, 0.29) is 44.1 Å². The van der Waals surface area contributed by atoms with E-state index >= 15 is 0 Å². The molecule has 4 nitrogen and oxygen atoms in total. The van der Waals surface area contributed by atoms with Crippen LogP contribution in [0.4, 0.5) is 8.78 Å². The second-order valence-corrected chi connectivity index (χ2v) is 10.3. The Bertz CT molecular complexity index is 969. The van der Waals surface area contributed by atoms with E-state index in [1.165, 1.54) is 11.3 Å². The number of aromatic nitrogens is 1. The summed E-state index contributed by atoms with van der Waals surface area (Å²) in [5, 5.41) is 0.668. The summed E-state index contributed by atoms with van der Waals surface area (Å²) < 4.78 is 32.8. The minimum Gasteiger partial charge on any atom is -0.541 e. The number of nitrogens with zero attached hydrogens (tertiary/aromatic N) is 2. The van der Waals surface area contributed by atoms with E-state index in [4.69, 9.17) is 4.74 Å². The van der Waals surface area contributed by atoms with Gasteiger partial charge in [-0.3, -0.25) is 6.29 Å². The van der Waals surface area contributed by atoms with Crippen LogP contribution in [0.15, 0.2) is 18.2 Å². The minimum absolute atomic E-state index is 0. The zero-order valence-corrected chi connectivity index (χ0v) is 22.0. The van der Waals surface area contributed by atoms with Gasteiger partial charge in [0.15, 0.2) is 6.54 Å². The molecule has 0 fully saturated rings. The Balaban J connectivity index is 0.00000363. The van der Waals surface area contributed by atoms with Gasteiger partial charge in [0.2, 0.25) is 0 Å². The Morgan fingerprint density at radius 3 is 2.66 bits per heavy atom. The van der Waals surface area contributed by atoms with Crippen molar-refractivity contribution in [3.63, 3.8) is 0 Å². The molecule has 32 heavy (non-hydrogen) atoms. The molecule has 0 saturated heterocycles. The van der Waals surface area contributed by atoms with Crippen LogP contribution < -0.4 is 4.74 Å². The smallest absolute Gasteiger partial charge is 0.387 e. The van der Waals surface area contributed by atoms with Crippen molar-refractivity contribution in [2.75, 3.05) is 6.54 Å². The number of alkyl halides is 2. The second kappa shape index (κ2) is 11.1. The molecule has 174 valence electrons. The normalized spacial score (nSPS) is 18.8. The summed E-state index contributed by atoms with van der Waals surface area (Å²) in [4.78, 5) is 17.1. The Kier molecular flexibility index (Phi) is 9.30. The molecule has 1 aliphatic rings. The fourth-order valence-electron chi connectivity index (χ4n) is 3.86. The van der Waals surface area contributed by atoms with Crippen LogP contribution in [0.5, 0.6) is 5.75 Å². The standard InChI is InChI=1S/C24H30F2N2O2S.Mo/c1-6-16-7-8-20(30-23(25)26)19(10-16)22-27-15(2)21(31-22)13-28-11-17(14-29)9-18(12-28)24(3,4)5;/h7-8,10,12,17-18,23H,6,9,11,13H2,1-5H3;/t17-,18-;/m1./s1. The van der Waals surface area contributed by atoms with E-state index < -0.39 is 6.61 Å². The van der Waals surface area contributed by atoms with Gasteiger partial charge in [-0.1, -0.05) is 46.1 Å². The zero-order chi connectivity index (χ0) is 22.8. The van der Waals surface area contributed by atoms with Gasteiger partial charge in [-0.25, -0.2) is 9.56 Å². The van der Waals surface area contributed by atoms with E-state index in [0.717, 1.165) is 29.0 Å². The largest absolute Gasteiger partial charge is 0.541 e. The van der Waals surface area contributed by atoms with Crippen LogP contribution in [0.2, 0.25) is 0 Å². The molecular weight excluding hydrogens is 514 g/mol.